The number of urea groups is 1. The number of ether oxygens (including phenoxy) is 1. The van der Waals surface area contributed by atoms with E-state index in [9.17, 15) is 18.0 Å². The number of halogens is 3. The van der Waals surface area contributed by atoms with Crippen LogP contribution in [0.5, 0.6) is 5.88 Å². The van der Waals surface area contributed by atoms with Gasteiger partial charge in [0.25, 0.3) is 0 Å². The lowest BCUT2D eigenvalue weighted by atomic mass is 10.1. The lowest BCUT2D eigenvalue weighted by Crippen LogP contribution is -2.31. The number of alkyl halides is 3. The van der Waals surface area contributed by atoms with Crippen LogP contribution in [0.25, 0.3) is 0 Å². The van der Waals surface area contributed by atoms with Gasteiger partial charge in [0.2, 0.25) is 5.88 Å². The van der Waals surface area contributed by atoms with Gasteiger partial charge in [-0.15, -0.1) is 0 Å². The molecule has 0 saturated carbocycles. The highest BCUT2D eigenvalue weighted by Gasteiger charge is 2.30. The standard InChI is InChI=1S/C16H16F3N3O2/c1-10(11-5-3-6-12(9-11)16(17,18)19)21-15(23)22-13-7-4-8-20-14(13)24-2/h3-10H,1-2H3,(H2,21,22,23)/t10-/m0/s1. The zero-order chi connectivity index (χ0) is 17.7. The molecule has 0 fully saturated rings. The van der Waals surface area contributed by atoms with E-state index in [0.717, 1.165) is 12.1 Å². The van der Waals surface area contributed by atoms with Gasteiger partial charge in [0.05, 0.1) is 18.7 Å². The molecule has 5 nitrogen and oxygen atoms in total. The van der Waals surface area contributed by atoms with Gasteiger partial charge in [-0.25, -0.2) is 9.78 Å². The number of anilines is 1. The zero-order valence-corrected chi connectivity index (χ0v) is 13.0. The highest BCUT2D eigenvalue weighted by atomic mass is 19.4. The van der Waals surface area contributed by atoms with Crippen LogP contribution in [-0.2, 0) is 6.18 Å². The van der Waals surface area contributed by atoms with Crippen LogP contribution in [0.4, 0.5) is 23.7 Å². The van der Waals surface area contributed by atoms with Gasteiger partial charge < -0.3 is 15.4 Å². The molecule has 1 heterocycles. The topological polar surface area (TPSA) is 63.2 Å². The summed E-state index contributed by atoms with van der Waals surface area (Å²) in [4.78, 5) is 16.0. The Balaban J connectivity index is 2.06. The van der Waals surface area contributed by atoms with Crippen molar-refractivity contribution in [3.05, 3.63) is 53.7 Å². The Morgan fingerprint density at radius 2 is 2.00 bits per heavy atom. The van der Waals surface area contributed by atoms with Gasteiger partial charge in [-0.1, -0.05) is 12.1 Å². The smallest absolute Gasteiger partial charge is 0.416 e. The Labute approximate surface area is 136 Å². The number of hydrogen-bond donors (Lipinski definition) is 2. The second-order valence-electron chi connectivity index (χ2n) is 5.00. The molecule has 2 N–H and O–H groups in total. The summed E-state index contributed by atoms with van der Waals surface area (Å²) in [6, 6.07) is 6.84. The molecule has 8 heteroatoms. The monoisotopic (exact) mass is 339 g/mol. The maximum absolute atomic E-state index is 12.7. The summed E-state index contributed by atoms with van der Waals surface area (Å²) in [5.41, 5.74) is -0.0603. The number of aromatic nitrogens is 1. The van der Waals surface area contributed by atoms with E-state index >= 15 is 0 Å². The van der Waals surface area contributed by atoms with Crippen molar-refractivity contribution in [2.24, 2.45) is 0 Å². The van der Waals surface area contributed by atoms with E-state index in [1.54, 1.807) is 19.1 Å². The van der Waals surface area contributed by atoms with Crippen LogP contribution in [0.2, 0.25) is 0 Å². The van der Waals surface area contributed by atoms with Gasteiger partial charge in [-0.2, -0.15) is 13.2 Å². The van der Waals surface area contributed by atoms with Gasteiger partial charge in [-0.05, 0) is 36.8 Å². The predicted molar refractivity (Wildman–Crippen MR) is 82.8 cm³/mol. The van der Waals surface area contributed by atoms with Crippen molar-refractivity contribution in [1.29, 1.82) is 0 Å². The molecular weight excluding hydrogens is 323 g/mol. The third-order valence-corrected chi connectivity index (χ3v) is 3.27. The minimum Gasteiger partial charge on any atom is -0.480 e. The third-order valence-electron chi connectivity index (χ3n) is 3.27. The fourth-order valence-electron chi connectivity index (χ4n) is 2.07. The Kier molecular flexibility index (Phi) is 5.28. The summed E-state index contributed by atoms with van der Waals surface area (Å²) in [7, 11) is 1.41. The minimum atomic E-state index is -4.43. The van der Waals surface area contributed by atoms with E-state index in [1.807, 2.05) is 0 Å². The molecule has 0 bridgehead atoms. The minimum absolute atomic E-state index is 0.236. The first-order chi connectivity index (χ1) is 11.3. The summed E-state index contributed by atoms with van der Waals surface area (Å²) >= 11 is 0. The Hall–Kier alpha value is -2.77. The number of methoxy groups -OCH3 is 1. The fourth-order valence-corrected chi connectivity index (χ4v) is 2.07. The average Bonchev–Trinajstić information content (AvgIpc) is 2.54. The second-order valence-corrected chi connectivity index (χ2v) is 5.00. The van der Waals surface area contributed by atoms with E-state index in [0.29, 0.717) is 11.3 Å². The number of hydrogen-bond acceptors (Lipinski definition) is 3. The summed E-state index contributed by atoms with van der Waals surface area (Å²) in [6.45, 7) is 1.59. The van der Waals surface area contributed by atoms with Crippen molar-refractivity contribution in [1.82, 2.24) is 10.3 Å². The van der Waals surface area contributed by atoms with Crippen LogP contribution in [-0.4, -0.2) is 18.1 Å². The van der Waals surface area contributed by atoms with Crippen LogP contribution in [0, 0.1) is 0 Å². The molecule has 0 unspecified atom stereocenters. The van der Waals surface area contributed by atoms with Crippen molar-refractivity contribution in [3.63, 3.8) is 0 Å². The molecule has 128 valence electrons. The summed E-state index contributed by atoms with van der Waals surface area (Å²) in [5.74, 6) is 0.236. The molecular formula is C16H16F3N3O2. The lowest BCUT2D eigenvalue weighted by molar-refractivity contribution is -0.137. The van der Waals surface area contributed by atoms with Crippen molar-refractivity contribution in [3.8, 4) is 5.88 Å². The van der Waals surface area contributed by atoms with Crippen LogP contribution in [0.3, 0.4) is 0 Å². The SMILES string of the molecule is COc1ncccc1NC(=O)N[C@@H](C)c1cccc(C(F)(F)F)c1. The molecule has 0 aliphatic rings. The van der Waals surface area contributed by atoms with Gasteiger partial charge in [0.15, 0.2) is 0 Å². The number of nitrogens with one attached hydrogen (secondary N) is 2. The van der Waals surface area contributed by atoms with E-state index in [-0.39, 0.29) is 5.88 Å². The molecule has 2 amide bonds. The molecule has 2 rings (SSSR count). The predicted octanol–water partition coefficient (Wildman–Crippen LogP) is 3.99. The number of nitrogens with zero attached hydrogens (tertiary/aromatic N) is 1. The first kappa shape index (κ1) is 17.6. The number of rotatable bonds is 4. The fraction of sp³-hybridized carbons (Fsp3) is 0.250. The first-order valence-corrected chi connectivity index (χ1v) is 7.05. The second kappa shape index (κ2) is 7.20. The Morgan fingerprint density at radius 1 is 1.25 bits per heavy atom. The average molecular weight is 339 g/mol. The van der Waals surface area contributed by atoms with Gasteiger partial charge in [0.1, 0.15) is 5.69 Å². The van der Waals surface area contributed by atoms with Gasteiger partial charge in [0, 0.05) is 6.20 Å². The largest absolute Gasteiger partial charge is 0.480 e. The highest BCUT2D eigenvalue weighted by molar-refractivity contribution is 5.90. The highest BCUT2D eigenvalue weighted by Crippen LogP contribution is 2.30. The summed E-state index contributed by atoms with van der Waals surface area (Å²) in [5, 5.41) is 5.12. The molecule has 0 saturated heterocycles. The van der Waals surface area contributed by atoms with Crippen LogP contribution >= 0.6 is 0 Å². The molecule has 0 spiro atoms. The number of carbonyl (C=O) groups excluding carboxylic acids is 1. The maximum atomic E-state index is 12.7. The third kappa shape index (κ3) is 4.37. The van der Waals surface area contributed by atoms with Crippen molar-refractivity contribution < 1.29 is 22.7 Å². The molecule has 0 aliphatic carbocycles. The molecule has 1 aromatic carbocycles. The first-order valence-electron chi connectivity index (χ1n) is 7.05. The number of pyridine rings is 1. The molecule has 24 heavy (non-hydrogen) atoms. The maximum Gasteiger partial charge on any atom is 0.416 e. The number of carbonyl (C=O) groups is 1. The molecule has 1 aromatic heterocycles. The van der Waals surface area contributed by atoms with E-state index in [1.165, 1.54) is 25.4 Å². The molecule has 2 aromatic rings. The summed E-state index contributed by atoms with van der Waals surface area (Å²) in [6.07, 6.45) is -2.92. The van der Waals surface area contributed by atoms with Crippen LogP contribution in [0.1, 0.15) is 24.1 Å². The molecule has 0 radical (unpaired) electrons. The number of amides is 2. The van der Waals surface area contributed by atoms with E-state index in [4.69, 9.17) is 4.74 Å². The normalized spacial score (nSPS) is 12.4. The van der Waals surface area contributed by atoms with E-state index < -0.39 is 23.8 Å². The number of benzene rings is 1. The van der Waals surface area contributed by atoms with Crippen LogP contribution < -0.4 is 15.4 Å². The van der Waals surface area contributed by atoms with Crippen LogP contribution in [0.15, 0.2) is 42.6 Å². The molecule has 0 aliphatic heterocycles. The summed E-state index contributed by atoms with van der Waals surface area (Å²) < 4.78 is 43.2. The van der Waals surface area contributed by atoms with Crippen molar-refractivity contribution >= 4 is 11.7 Å². The van der Waals surface area contributed by atoms with Crippen molar-refractivity contribution in [2.45, 2.75) is 19.1 Å². The lowest BCUT2D eigenvalue weighted by Gasteiger charge is -2.17. The Bertz CT molecular complexity index is 720. The zero-order valence-electron chi connectivity index (χ0n) is 13.0. The van der Waals surface area contributed by atoms with Gasteiger partial charge in [-0.3, -0.25) is 0 Å². The van der Waals surface area contributed by atoms with Crippen molar-refractivity contribution in [2.75, 3.05) is 12.4 Å². The quantitative estimate of drug-likeness (QED) is 0.885. The van der Waals surface area contributed by atoms with Gasteiger partial charge >= 0.3 is 12.2 Å². The Morgan fingerprint density at radius 3 is 2.67 bits per heavy atom. The molecule has 1 atom stereocenters. The van der Waals surface area contributed by atoms with E-state index in [2.05, 4.69) is 15.6 Å².